The van der Waals surface area contributed by atoms with Gasteiger partial charge in [-0.3, -0.25) is 0 Å². The molecule has 1 aliphatic rings. The van der Waals surface area contributed by atoms with Crippen molar-refractivity contribution in [2.24, 2.45) is 5.73 Å². The van der Waals surface area contributed by atoms with Crippen molar-refractivity contribution in [2.45, 2.75) is 32.0 Å². The van der Waals surface area contributed by atoms with E-state index in [1.165, 1.54) is 55.6 Å². The van der Waals surface area contributed by atoms with Gasteiger partial charge in [-0.25, -0.2) is 28.8 Å². The molecule has 54 heavy (non-hydrogen) atoms. The zero-order chi connectivity index (χ0) is 43.4. The monoisotopic (exact) mass is 770 g/mol. The Labute approximate surface area is 320 Å². The van der Waals surface area contributed by atoms with Gasteiger partial charge in [-0.15, -0.1) is 0 Å². The second kappa shape index (κ2) is 20.9. The molecule has 0 unspecified atom stereocenters. The SMILES string of the molecule is O=C(O[C@@H](C(=O)O)[C@@H](OC(=O)c1ccccc1)C(=O)O)c1ccccc1.[2H]C([2H])(N)C([2H])([2H])OCC1=C(C(=O)OCC)[C@H](c2ccccc2Cl)C(C(=O)OC)=C(C)N1. The number of allylic oxidation sites excluding steroid dienone is 1. The molecule has 286 valence electrons. The number of hydrogen-bond acceptors (Lipinski definition) is 13. The first-order valence-corrected chi connectivity index (χ1v) is 16.2. The van der Waals surface area contributed by atoms with E-state index in [-0.39, 0.29) is 39.6 Å². The van der Waals surface area contributed by atoms with E-state index in [1.54, 1.807) is 50.2 Å². The fraction of sp³-hybridized carbons (Fsp3) is 0.263. The number of dihydropyridines is 1. The summed E-state index contributed by atoms with van der Waals surface area (Å²) in [6.07, 6.45) is -4.43. The topological polar surface area (TPSA) is 227 Å². The van der Waals surface area contributed by atoms with Crippen molar-refractivity contribution in [3.8, 4) is 0 Å². The average molecular weight is 771 g/mol. The first-order chi connectivity index (χ1) is 27.2. The highest BCUT2D eigenvalue weighted by molar-refractivity contribution is 6.31. The molecule has 0 amide bonds. The van der Waals surface area contributed by atoms with E-state index in [1.807, 2.05) is 0 Å². The molecule has 0 saturated heterocycles. The Morgan fingerprint density at radius 1 is 0.796 bits per heavy atom. The van der Waals surface area contributed by atoms with E-state index in [4.69, 9.17) is 46.5 Å². The van der Waals surface area contributed by atoms with Gasteiger partial charge in [0.2, 0.25) is 12.2 Å². The number of nitrogens with two attached hydrogens (primary N) is 1. The average Bonchev–Trinajstić information content (AvgIpc) is 3.18. The second-order valence-electron chi connectivity index (χ2n) is 10.8. The molecule has 0 radical (unpaired) electrons. The lowest BCUT2D eigenvalue weighted by molar-refractivity contribution is -0.166. The van der Waals surface area contributed by atoms with Crippen molar-refractivity contribution < 1.29 is 68.1 Å². The van der Waals surface area contributed by atoms with E-state index < -0.39 is 73.6 Å². The summed E-state index contributed by atoms with van der Waals surface area (Å²) in [5.74, 6) is -8.12. The van der Waals surface area contributed by atoms with Crippen molar-refractivity contribution in [3.63, 3.8) is 0 Å². The highest BCUT2D eigenvalue weighted by Crippen LogP contribution is 2.41. The number of ether oxygens (including phenoxy) is 5. The summed E-state index contributed by atoms with van der Waals surface area (Å²) in [7, 11) is 1.20. The van der Waals surface area contributed by atoms with Crippen molar-refractivity contribution in [1.29, 1.82) is 0 Å². The van der Waals surface area contributed by atoms with Gasteiger partial charge in [-0.2, -0.15) is 0 Å². The van der Waals surface area contributed by atoms with Crippen LogP contribution in [0, 0.1) is 0 Å². The van der Waals surface area contributed by atoms with Gasteiger partial charge >= 0.3 is 35.8 Å². The standard InChI is InChI=1S/C20H25ClN2O5.C18H14O8/c1-4-28-20(25)18-15(11-27-10-9-22)23-12(2)16(19(24)26-3)17(18)13-7-5-6-8-14(13)21;19-15(20)13(25-17(23)11-7-3-1-4-8-11)14(16(21)22)26-18(24)12-9-5-2-6-10-12/h5-8,17,23H,4,9-11,22H2,1-3H3;1-10,13-14H,(H,19,20)(H,21,22)/t17-;13-,14-/m11/s1/i9D2,10D2;. The molecule has 0 aromatic heterocycles. The van der Waals surface area contributed by atoms with E-state index in [9.17, 15) is 39.0 Å². The number of hydrogen-bond donors (Lipinski definition) is 4. The smallest absolute Gasteiger partial charge is 0.349 e. The Bertz CT molecular complexity index is 1990. The Morgan fingerprint density at radius 3 is 1.74 bits per heavy atom. The van der Waals surface area contributed by atoms with Crippen LogP contribution < -0.4 is 11.1 Å². The zero-order valence-corrected chi connectivity index (χ0v) is 29.8. The van der Waals surface area contributed by atoms with Gasteiger partial charge in [-0.1, -0.05) is 66.2 Å². The summed E-state index contributed by atoms with van der Waals surface area (Å²) >= 11 is 6.40. The molecule has 0 bridgehead atoms. The van der Waals surface area contributed by atoms with Gasteiger partial charge in [0.25, 0.3) is 0 Å². The van der Waals surface area contributed by atoms with E-state index in [0.717, 1.165) is 0 Å². The summed E-state index contributed by atoms with van der Waals surface area (Å²) < 4.78 is 55.1. The van der Waals surface area contributed by atoms with Crippen LogP contribution in [0.1, 0.15) is 51.5 Å². The fourth-order valence-corrected chi connectivity index (χ4v) is 5.25. The Hall–Kier alpha value is -6.03. The van der Waals surface area contributed by atoms with Crippen LogP contribution in [0.25, 0.3) is 0 Å². The number of aliphatic carboxylic acids is 2. The second-order valence-corrected chi connectivity index (χ2v) is 11.2. The molecule has 5 N–H and O–H groups in total. The third-order valence-corrected chi connectivity index (χ3v) is 7.70. The van der Waals surface area contributed by atoms with E-state index in [2.05, 4.69) is 5.32 Å². The first-order valence-electron chi connectivity index (χ1n) is 17.9. The van der Waals surface area contributed by atoms with Crippen LogP contribution in [0.2, 0.25) is 5.02 Å². The summed E-state index contributed by atoms with van der Waals surface area (Å²) in [5, 5.41) is 21.6. The predicted molar refractivity (Wildman–Crippen MR) is 192 cm³/mol. The summed E-state index contributed by atoms with van der Waals surface area (Å²) in [6, 6.07) is 21.5. The number of carbonyl (C=O) groups is 6. The Kier molecular flexibility index (Phi) is 14.0. The molecule has 15 nitrogen and oxygen atoms in total. The van der Waals surface area contributed by atoms with Gasteiger partial charge in [-0.05, 0) is 49.7 Å². The maximum atomic E-state index is 13.0. The van der Waals surface area contributed by atoms with Gasteiger partial charge in [0.05, 0.1) is 63.5 Å². The molecule has 3 aromatic rings. The largest absolute Gasteiger partial charge is 0.478 e. The minimum atomic E-state index is -2.87. The number of nitrogens with one attached hydrogen (secondary N) is 1. The van der Waals surface area contributed by atoms with Crippen LogP contribution in [0.15, 0.2) is 107 Å². The lowest BCUT2D eigenvalue weighted by atomic mass is 9.80. The minimum Gasteiger partial charge on any atom is -0.478 e. The zero-order valence-electron chi connectivity index (χ0n) is 33.1. The highest BCUT2D eigenvalue weighted by Gasteiger charge is 2.41. The number of rotatable bonds is 15. The van der Waals surface area contributed by atoms with E-state index >= 15 is 0 Å². The van der Waals surface area contributed by atoms with Gasteiger partial charge in [0.15, 0.2) is 0 Å². The number of carboxylic acid groups (broad SMARTS) is 2. The van der Waals surface area contributed by atoms with Crippen molar-refractivity contribution in [2.75, 3.05) is 33.4 Å². The molecule has 16 heteroatoms. The number of esters is 4. The maximum absolute atomic E-state index is 13.0. The highest BCUT2D eigenvalue weighted by atomic mass is 35.5. The van der Waals surface area contributed by atoms with Crippen LogP contribution in [0.3, 0.4) is 0 Å². The Morgan fingerprint density at radius 2 is 1.30 bits per heavy atom. The number of benzene rings is 3. The third-order valence-electron chi connectivity index (χ3n) is 7.36. The van der Waals surface area contributed by atoms with Crippen molar-refractivity contribution >= 4 is 47.4 Å². The quantitative estimate of drug-likeness (QED) is 0.127. The molecule has 0 fully saturated rings. The first kappa shape index (κ1) is 36.3. The fourth-order valence-electron chi connectivity index (χ4n) is 5.01. The summed E-state index contributed by atoms with van der Waals surface area (Å²) in [4.78, 5) is 72.5. The van der Waals surface area contributed by atoms with Crippen molar-refractivity contribution in [1.82, 2.24) is 5.32 Å². The normalized spacial score (nSPS) is 16.3. The lowest BCUT2D eigenvalue weighted by Crippen LogP contribution is -2.45. The molecular weight excluding hydrogens is 728 g/mol. The van der Waals surface area contributed by atoms with Crippen LogP contribution in [-0.4, -0.2) is 91.6 Å². The summed E-state index contributed by atoms with van der Waals surface area (Å²) in [5.41, 5.74) is 6.18. The van der Waals surface area contributed by atoms with E-state index in [0.29, 0.717) is 11.3 Å². The molecule has 3 aromatic carbocycles. The third kappa shape index (κ3) is 11.2. The van der Waals surface area contributed by atoms with Gasteiger partial charge in [0.1, 0.15) is 0 Å². The lowest BCUT2D eigenvalue weighted by Gasteiger charge is -2.31. The molecular formula is C38H39ClN2O13. The van der Waals surface area contributed by atoms with Crippen LogP contribution >= 0.6 is 11.6 Å². The van der Waals surface area contributed by atoms with Crippen LogP contribution in [0.4, 0.5) is 0 Å². The van der Waals surface area contributed by atoms with Gasteiger partial charge in [0, 0.05) is 20.0 Å². The number of carbonyl (C=O) groups excluding carboxylic acids is 4. The molecule has 3 atom stereocenters. The molecule has 4 rings (SSSR count). The van der Waals surface area contributed by atoms with Gasteiger partial charge < -0.3 is 44.9 Å². The number of halogens is 1. The predicted octanol–water partition coefficient (Wildman–Crippen LogP) is 3.87. The van der Waals surface area contributed by atoms with Crippen LogP contribution in [0.5, 0.6) is 0 Å². The molecule has 0 aliphatic carbocycles. The minimum absolute atomic E-state index is 0.0253. The maximum Gasteiger partial charge on any atom is 0.349 e. The van der Waals surface area contributed by atoms with Crippen LogP contribution in [-0.2, 0) is 42.9 Å². The molecule has 0 saturated carbocycles. The number of carboxylic acids is 2. The molecule has 0 spiro atoms. The summed E-state index contributed by atoms with van der Waals surface area (Å²) in [6.45, 7) is -3.02. The Balaban J connectivity index is 0.000000317. The number of methoxy groups -OCH3 is 1. The molecule has 1 heterocycles. The molecule has 1 aliphatic heterocycles. The van der Waals surface area contributed by atoms with Crippen molar-refractivity contribution in [3.05, 3.63) is 129 Å².